The van der Waals surface area contributed by atoms with Crippen molar-refractivity contribution in [1.29, 1.82) is 0 Å². The van der Waals surface area contributed by atoms with Crippen LogP contribution < -0.4 is 5.32 Å². The number of aromatic nitrogens is 2. The van der Waals surface area contributed by atoms with Gasteiger partial charge in [-0.2, -0.15) is 5.10 Å². The summed E-state index contributed by atoms with van der Waals surface area (Å²) in [5, 5.41) is 9.85. The molecule has 5 heteroatoms. The molecule has 4 nitrogen and oxygen atoms in total. The summed E-state index contributed by atoms with van der Waals surface area (Å²) >= 11 is 3.42. The lowest BCUT2D eigenvalue weighted by Gasteiger charge is -2.03. The van der Waals surface area contributed by atoms with Crippen LogP contribution in [0.15, 0.2) is 4.47 Å². The molecule has 0 aromatic carbocycles. The predicted octanol–water partition coefficient (Wildman–Crippen LogP) is 2.44. The largest absolute Gasteiger partial charge is 0.350 e. The summed E-state index contributed by atoms with van der Waals surface area (Å²) in [7, 11) is 0. The second kappa shape index (κ2) is 4.57. The van der Waals surface area contributed by atoms with Crippen molar-refractivity contribution in [2.75, 3.05) is 6.54 Å². The van der Waals surface area contributed by atoms with E-state index in [9.17, 15) is 4.79 Å². The van der Waals surface area contributed by atoms with Crippen molar-refractivity contribution >= 4 is 21.8 Å². The highest BCUT2D eigenvalue weighted by Crippen LogP contribution is 2.28. The Hall–Kier alpha value is -0.840. The molecule has 0 unspecified atom stereocenters. The van der Waals surface area contributed by atoms with Crippen molar-refractivity contribution in [3.8, 4) is 0 Å². The van der Waals surface area contributed by atoms with Gasteiger partial charge in [0.15, 0.2) is 5.69 Å². The Morgan fingerprint density at radius 2 is 2.31 bits per heavy atom. The monoisotopic (exact) mass is 285 g/mol. The smallest absolute Gasteiger partial charge is 0.272 e. The quantitative estimate of drug-likeness (QED) is 0.893. The highest BCUT2D eigenvalue weighted by Gasteiger charge is 2.24. The van der Waals surface area contributed by atoms with Crippen molar-refractivity contribution in [1.82, 2.24) is 15.5 Å². The number of nitrogens with zero attached hydrogens (tertiary/aromatic N) is 1. The van der Waals surface area contributed by atoms with Gasteiger partial charge in [-0.1, -0.05) is 13.8 Å². The zero-order valence-corrected chi connectivity index (χ0v) is 11.1. The van der Waals surface area contributed by atoms with Gasteiger partial charge in [0.1, 0.15) is 0 Å². The number of nitrogens with one attached hydrogen (secondary N) is 2. The number of rotatable bonds is 4. The van der Waals surface area contributed by atoms with Gasteiger partial charge in [0.25, 0.3) is 5.91 Å². The molecule has 2 N–H and O–H groups in total. The Bertz CT molecular complexity index is 396. The average molecular weight is 286 g/mol. The third-order valence-corrected chi connectivity index (χ3v) is 3.58. The summed E-state index contributed by atoms with van der Waals surface area (Å²) in [6.45, 7) is 4.89. The zero-order valence-electron chi connectivity index (χ0n) is 9.51. The molecule has 0 radical (unpaired) electrons. The molecular weight excluding hydrogens is 270 g/mol. The Morgan fingerprint density at radius 3 is 2.81 bits per heavy atom. The average Bonchev–Trinajstić information content (AvgIpc) is 2.97. The Labute approximate surface area is 103 Å². The van der Waals surface area contributed by atoms with E-state index in [4.69, 9.17) is 0 Å². The minimum Gasteiger partial charge on any atom is -0.350 e. The fourth-order valence-corrected chi connectivity index (χ4v) is 2.33. The minimum atomic E-state index is -0.0954. The number of aromatic amines is 1. The maximum atomic E-state index is 11.8. The molecule has 1 fully saturated rings. The summed E-state index contributed by atoms with van der Waals surface area (Å²) in [5.74, 6) is 0.917. The van der Waals surface area contributed by atoms with Crippen LogP contribution in [0.3, 0.4) is 0 Å². The highest BCUT2D eigenvalue weighted by atomic mass is 79.9. The van der Waals surface area contributed by atoms with Gasteiger partial charge in [-0.05, 0) is 40.6 Å². The molecule has 0 saturated heterocycles. The maximum absolute atomic E-state index is 11.8. The number of carbonyl (C=O) groups excluding carboxylic acids is 1. The lowest BCUT2D eigenvalue weighted by atomic mass is 10.1. The van der Waals surface area contributed by atoms with Crippen molar-refractivity contribution in [3.63, 3.8) is 0 Å². The van der Waals surface area contributed by atoms with E-state index in [-0.39, 0.29) is 5.91 Å². The van der Waals surface area contributed by atoms with Gasteiger partial charge in [-0.25, -0.2) is 0 Å². The Balaban J connectivity index is 2.04. The van der Waals surface area contributed by atoms with Crippen LogP contribution in [0.2, 0.25) is 0 Å². The fraction of sp³-hybridized carbons (Fsp3) is 0.636. The van der Waals surface area contributed by atoms with Crippen LogP contribution in [-0.4, -0.2) is 22.6 Å². The standard InChI is InChI=1S/C11H16BrN3O/c1-6(2)9-8(12)10(15-14-9)11(16)13-5-7-3-4-7/h6-7H,3-5H2,1-2H3,(H,13,16)(H,14,15). The number of hydrogen-bond acceptors (Lipinski definition) is 2. The second-order valence-electron chi connectivity index (χ2n) is 4.61. The molecule has 1 aliphatic rings. The van der Waals surface area contributed by atoms with E-state index >= 15 is 0 Å². The van der Waals surface area contributed by atoms with E-state index in [0.717, 1.165) is 16.7 Å². The molecule has 16 heavy (non-hydrogen) atoms. The van der Waals surface area contributed by atoms with Crippen LogP contribution >= 0.6 is 15.9 Å². The normalized spacial score (nSPS) is 15.5. The lowest BCUT2D eigenvalue weighted by molar-refractivity contribution is 0.0946. The first kappa shape index (κ1) is 11.6. The molecular formula is C11H16BrN3O. The number of amides is 1. The van der Waals surface area contributed by atoms with E-state index in [0.29, 0.717) is 17.5 Å². The molecule has 1 heterocycles. The van der Waals surface area contributed by atoms with E-state index in [1.165, 1.54) is 12.8 Å². The Kier molecular flexibility index (Phi) is 3.33. The molecule has 1 aromatic heterocycles. The first-order valence-corrected chi connectivity index (χ1v) is 6.40. The molecule has 1 aliphatic carbocycles. The molecule has 2 rings (SSSR count). The van der Waals surface area contributed by atoms with Gasteiger partial charge in [0, 0.05) is 6.54 Å². The van der Waals surface area contributed by atoms with Crippen LogP contribution in [0.5, 0.6) is 0 Å². The van der Waals surface area contributed by atoms with Crippen molar-refractivity contribution in [2.24, 2.45) is 5.92 Å². The summed E-state index contributed by atoms with van der Waals surface area (Å²) in [4.78, 5) is 11.8. The molecule has 0 atom stereocenters. The summed E-state index contributed by atoms with van der Waals surface area (Å²) in [6, 6.07) is 0. The predicted molar refractivity (Wildman–Crippen MR) is 65.4 cm³/mol. The third-order valence-electron chi connectivity index (χ3n) is 2.77. The topological polar surface area (TPSA) is 57.8 Å². The molecule has 88 valence electrons. The van der Waals surface area contributed by atoms with Crippen molar-refractivity contribution < 1.29 is 4.79 Å². The van der Waals surface area contributed by atoms with Gasteiger partial charge in [0.2, 0.25) is 0 Å². The summed E-state index contributed by atoms with van der Waals surface area (Å²) < 4.78 is 0.788. The Morgan fingerprint density at radius 1 is 1.62 bits per heavy atom. The number of H-pyrrole nitrogens is 1. The third kappa shape index (κ3) is 2.45. The number of hydrogen-bond donors (Lipinski definition) is 2. The van der Waals surface area contributed by atoms with E-state index < -0.39 is 0 Å². The summed E-state index contributed by atoms with van der Waals surface area (Å²) in [5.41, 5.74) is 1.43. The van der Waals surface area contributed by atoms with Gasteiger partial charge in [-0.15, -0.1) is 0 Å². The van der Waals surface area contributed by atoms with Crippen LogP contribution in [0.1, 0.15) is 48.8 Å². The number of carbonyl (C=O) groups is 1. The first-order chi connectivity index (χ1) is 7.59. The second-order valence-corrected chi connectivity index (χ2v) is 5.40. The van der Waals surface area contributed by atoms with Gasteiger partial charge < -0.3 is 5.32 Å². The van der Waals surface area contributed by atoms with Gasteiger partial charge in [0.05, 0.1) is 10.2 Å². The van der Waals surface area contributed by atoms with Crippen molar-refractivity contribution in [3.05, 3.63) is 15.9 Å². The molecule has 1 amide bonds. The molecule has 0 aliphatic heterocycles. The van der Waals surface area contributed by atoms with E-state index in [1.54, 1.807) is 0 Å². The van der Waals surface area contributed by atoms with Crippen LogP contribution in [0.25, 0.3) is 0 Å². The van der Waals surface area contributed by atoms with Crippen LogP contribution in [-0.2, 0) is 0 Å². The highest BCUT2D eigenvalue weighted by molar-refractivity contribution is 9.10. The van der Waals surface area contributed by atoms with Crippen molar-refractivity contribution in [2.45, 2.75) is 32.6 Å². The molecule has 1 aromatic rings. The number of halogens is 1. The van der Waals surface area contributed by atoms with E-state index in [2.05, 4.69) is 45.3 Å². The first-order valence-electron chi connectivity index (χ1n) is 5.61. The maximum Gasteiger partial charge on any atom is 0.272 e. The summed E-state index contributed by atoms with van der Waals surface area (Å²) in [6.07, 6.45) is 2.47. The fourth-order valence-electron chi connectivity index (χ4n) is 1.52. The SMILES string of the molecule is CC(C)c1[nH]nc(C(=O)NCC2CC2)c1Br. The lowest BCUT2D eigenvalue weighted by Crippen LogP contribution is -2.26. The molecule has 0 bridgehead atoms. The molecule has 0 spiro atoms. The van der Waals surface area contributed by atoms with Crippen LogP contribution in [0.4, 0.5) is 0 Å². The minimum absolute atomic E-state index is 0.0954. The van der Waals surface area contributed by atoms with E-state index in [1.807, 2.05) is 0 Å². The van der Waals surface area contributed by atoms with Gasteiger partial charge >= 0.3 is 0 Å². The zero-order chi connectivity index (χ0) is 11.7. The van der Waals surface area contributed by atoms with Crippen LogP contribution in [0, 0.1) is 5.92 Å². The van der Waals surface area contributed by atoms with Gasteiger partial charge in [-0.3, -0.25) is 9.89 Å². The molecule has 1 saturated carbocycles.